The van der Waals surface area contributed by atoms with E-state index in [1.165, 1.54) is 11.7 Å². The van der Waals surface area contributed by atoms with Crippen molar-refractivity contribution in [1.82, 2.24) is 4.57 Å². The van der Waals surface area contributed by atoms with E-state index >= 15 is 0 Å². The Balaban J connectivity index is 2.23. The number of nitrogens with one attached hydrogen (secondary N) is 1. The molecule has 1 aliphatic rings. The molecule has 1 aromatic heterocycles. The molecule has 0 aromatic carbocycles. The molecule has 8 heteroatoms. The predicted octanol–water partition coefficient (Wildman–Crippen LogP) is 1.83. The zero-order valence-corrected chi connectivity index (χ0v) is 16.6. The Morgan fingerprint density at radius 2 is 2.00 bits per heavy atom. The first kappa shape index (κ1) is 20.8. The van der Waals surface area contributed by atoms with Gasteiger partial charge in [-0.2, -0.15) is 0 Å². The van der Waals surface area contributed by atoms with Crippen molar-refractivity contribution < 1.29 is 19.1 Å². The number of esters is 2. The van der Waals surface area contributed by atoms with Crippen LogP contribution in [0.15, 0.2) is 10.9 Å². The van der Waals surface area contributed by atoms with E-state index in [1.54, 1.807) is 33.8 Å². The van der Waals surface area contributed by atoms with Gasteiger partial charge in [0.05, 0.1) is 12.8 Å². The van der Waals surface area contributed by atoms with Crippen molar-refractivity contribution in [3.05, 3.63) is 22.1 Å². The Labute approximate surface area is 159 Å². The van der Waals surface area contributed by atoms with E-state index in [-0.39, 0.29) is 12.2 Å². The molecule has 0 saturated heterocycles. The average molecular weight is 379 g/mol. The number of aryl methyl sites for hydroxylation is 1. The fraction of sp³-hybridized carbons (Fsp3) is 0.632. The van der Waals surface area contributed by atoms with E-state index in [2.05, 4.69) is 5.32 Å². The van der Waals surface area contributed by atoms with Crippen LogP contribution in [-0.4, -0.2) is 35.3 Å². The molecule has 8 nitrogen and oxygen atoms in total. The second-order valence-corrected chi connectivity index (χ2v) is 7.99. The first-order chi connectivity index (χ1) is 12.5. The third kappa shape index (κ3) is 5.74. The van der Waals surface area contributed by atoms with Crippen molar-refractivity contribution in [3.63, 3.8) is 0 Å². The van der Waals surface area contributed by atoms with E-state index in [0.29, 0.717) is 23.7 Å². The van der Waals surface area contributed by atoms with Gasteiger partial charge in [-0.3, -0.25) is 14.2 Å². The molecule has 3 N–H and O–H groups in total. The number of nitrogen functional groups attached to an aromatic ring is 1. The van der Waals surface area contributed by atoms with Crippen LogP contribution in [0.5, 0.6) is 0 Å². The van der Waals surface area contributed by atoms with Gasteiger partial charge in [0.2, 0.25) is 0 Å². The van der Waals surface area contributed by atoms with Crippen molar-refractivity contribution in [2.24, 2.45) is 5.92 Å². The molecule has 0 amide bonds. The number of ether oxygens (including phenoxy) is 2. The molecule has 0 bridgehead atoms. The van der Waals surface area contributed by atoms with Crippen molar-refractivity contribution in [2.45, 2.75) is 65.1 Å². The highest BCUT2D eigenvalue weighted by Crippen LogP contribution is 2.34. The molecular weight excluding hydrogens is 350 g/mol. The molecule has 1 heterocycles. The number of rotatable bonds is 7. The van der Waals surface area contributed by atoms with E-state index in [4.69, 9.17) is 15.2 Å². The molecular formula is C19H29N3O5. The van der Waals surface area contributed by atoms with Gasteiger partial charge < -0.3 is 20.5 Å². The summed E-state index contributed by atoms with van der Waals surface area (Å²) in [4.78, 5) is 36.7. The summed E-state index contributed by atoms with van der Waals surface area (Å²) in [5.74, 6) is -0.428. The minimum Gasteiger partial charge on any atom is -0.467 e. The Hall–Kier alpha value is -2.51. The largest absolute Gasteiger partial charge is 0.467 e. The second-order valence-electron chi connectivity index (χ2n) is 7.99. The van der Waals surface area contributed by atoms with E-state index in [1.807, 2.05) is 0 Å². The minimum absolute atomic E-state index is 0.0474. The highest BCUT2D eigenvalue weighted by atomic mass is 16.6. The molecule has 27 heavy (non-hydrogen) atoms. The van der Waals surface area contributed by atoms with Crippen LogP contribution in [0, 0.1) is 12.8 Å². The maximum atomic E-state index is 12.6. The molecule has 0 unspecified atom stereocenters. The predicted molar refractivity (Wildman–Crippen MR) is 102 cm³/mol. The third-order valence-corrected chi connectivity index (χ3v) is 4.33. The summed E-state index contributed by atoms with van der Waals surface area (Å²) in [6, 6.07) is 1.09. The van der Waals surface area contributed by atoms with Crippen LogP contribution >= 0.6 is 0 Å². The zero-order chi connectivity index (χ0) is 20.4. The van der Waals surface area contributed by atoms with Crippen molar-refractivity contribution in [1.29, 1.82) is 0 Å². The summed E-state index contributed by atoms with van der Waals surface area (Å²) in [6.45, 7) is 6.75. The lowest BCUT2D eigenvalue weighted by Gasteiger charge is -2.22. The van der Waals surface area contributed by atoms with Gasteiger partial charge in [-0.1, -0.05) is 12.8 Å². The smallest absolute Gasteiger partial charge is 0.328 e. The third-order valence-electron chi connectivity index (χ3n) is 4.33. The fourth-order valence-electron chi connectivity index (χ4n) is 2.84. The number of pyridine rings is 1. The van der Waals surface area contributed by atoms with Crippen LogP contribution in [0.3, 0.4) is 0 Å². The first-order valence-corrected chi connectivity index (χ1v) is 9.08. The summed E-state index contributed by atoms with van der Waals surface area (Å²) < 4.78 is 11.4. The van der Waals surface area contributed by atoms with Crippen LogP contribution in [0.1, 0.15) is 45.7 Å². The number of nitrogens with two attached hydrogens (primary N) is 1. The molecule has 1 aliphatic carbocycles. The summed E-state index contributed by atoms with van der Waals surface area (Å²) in [5.41, 5.74) is 5.71. The standard InChI is InChI=1S/C19H29N3O5/c1-11-8-13(21-14(18(25)26-5)9-12-6-7-12)16(20)17(24)22(11)10-15(23)27-19(2,3)4/h8,12,14,21H,6-7,9-10,20H2,1-5H3/t14-/m0/s1. The monoisotopic (exact) mass is 379 g/mol. The molecule has 1 aromatic rings. The van der Waals surface area contributed by atoms with E-state index in [9.17, 15) is 14.4 Å². The minimum atomic E-state index is -0.641. The lowest BCUT2D eigenvalue weighted by Crippen LogP contribution is -2.35. The molecule has 1 atom stereocenters. The number of hydrogen-bond acceptors (Lipinski definition) is 7. The Morgan fingerprint density at radius 3 is 2.52 bits per heavy atom. The Kier molecular flexibility index (Phi) is 6.18. The molecule has 0 aliphatic heterocycles. The number of hydrogen-bond donors (Lipinski definition) is 2. The number of carbonyl (C=O) groups excluding carboxylic acids is 2. The molecule has 150 valence electrons. The highest BCUT2D eigenvalue weighted by molar-refractivity contribution is 5.81. The van der Waals surface area contributed by atoms with Crippen LogP contribution in [-0.2, 0) is 25.6 Å². The van der Waals surface area contributed by atoms with Gasteiger partial charge in [0.15, 0.2) is 0 Å². The van der Waals surface area contributed by atoms with Gasteiger partial charge >= 0.3 is 11.9 Å². The number of methoxy groups -OCH3 is 1. The molecule has 1 saturated carbocycles. The van der Waals surface area contributed by atoms with Crippen LogP contribution in [0.4, 0.5) is 11.4 Å². The van der Waals surface area contributed by atoms with Gasteiger partial charge in [-0.15, -0.1) is 0 Å². The topological polar surface area (TPSA) is 113 Å². The average Bonchev–Trinajstić information content (AvgIpc) is 3.37. The van der Waals surface area contributed by atoms with Crippen LogP contribution < -0.4 is 16.6 Å². The summed E-state index contributed by atoms with van der Waals surface area (Å²) >= 11 is 0. The van der Waals surface area contributed by atoms with Crippen LogP contribution in [0.2, 0.25) is 0 Å². The Bertz CT molecular complexity index is 775. The van der Waals surface area contributed by atoms with Crippen molar-refractivity contribution in [3.8, 4) is 0 Å². The van der Waals surface area contributed by atoms with Gasteiger partial charge in [-0.05, 0) is 46.1 Å². The quantitative estimate of drug-likeness (QED) is 0.695. The summed E-state index contributed by atoms with van der Waals surface area (Å²) in [6.07, 6.45) is 2.80. The SMILES string of the molecule is COC(=O)[C@H](CC1CC1)Nc1cc(C)n(CC(=O)OC(C)(C)C)c(=O)c1N. The lowest BCUT2D eigenvalue weighted by atomic mass is 10.1. The maximum absolute atomic E-state index is 12.6. The van der Waals surface area contributed by atoms with Crippen LogP contribution in [0.25, 0.3) is 0 Å². The molecule has 0 spiro atoms. The Morgan fingerprint density at radius 1 is 1.37 bits per heavy atom. The van der Waals surface area contributed by atoms with E-state index < -0.39 is 29.1 Å². The number of aromatic nitrogens is 1. The number of anilines is 2. The van der Waals surface area contributed by atoms with Gasteiger partial charge in [0.25, 0.3) is 5.56 Å². The van der Waals surface area contributed by atoms with E-state index in [0.717, 1.165) is 12.8 Å². The second kappa shape index (κ2) is 8.02. The fourth-order valence-corrected chi connectivity index (χ4v) is 2.84. The molecule has 2 rings (SSSR count). The summed E-state index contributed by atoms with van der Waals surface area (Å²) in [7, 11) is 1.33. The summed E-state index contributed by atoms with van der Waals surface area (Å²) in [5, 5.41) is 3.04. The lowest BCUT2D eigenvalue weighted by molar-refractivity contribution is -0.155. The highest BCUT2D eigenvalue weighted by Gasteiger charge is 2.30. The maximum Gasteiger partial charge on any atom is 0.328 e. The van der Waals surface area contributed by atoms with Crippen molar-refractivity contribution >= 4 is 23.3 Å². The first-order valence-electron chi connectivity index (χ1n) is 9.08. The van der Waals surface area contributed by atoms with Gasteiger partial charge in [0.1, 0.15) is 23.9 Å². The van der Waals surface area contributed by atoms with Gasteiger partial charge in [-0.25, -0.2) is 4.79 Å². The molecule has 1 fully saturated rings. The normalized spacial score (nSPS) is 15.1. The molecule has 0 radical (unpaired) electrons. The van der Waals surface area contributed by atoms with Crippen molar-refractivity contribution in [2.75, 3.05) is 18.2 Å². The number of nitrogens with zero attached hydrogens (tertiary/aromatic N) is 1. The zero-order valence-electron chi connectivity index (χ0n) is 16.6. The number of carbonyl (C=O) groups is 2. The van der Waals surface area contributed by atoms with Gasteiger partial charge in [0, 0.05) is 5.69 Å².